The molecule has 0 radical (unpaired) electrons. The molecule has 0 bridgehead atoms. The predicted octanol–water partition coefficient (Wildman–Crippen LogP) is -0.629. The quantitative estimate of drug-likeness (QED) is 0.607. The molecular weight excluding hydrogens is 318 g/mol. The second kappa shape index (κ2) is 6.67. The van der Waals surface area contributed by atoms with Crippen LogP contribution in [0.15, 0.2) is 12.7 Å². The van der Waals surface area contributed by atoms with Crippen LogP contribution in [0.4, 0.5) is 5.82 Å². The SMILES string of the molecule is CCCC(=O)O[C@H]1[C@H](O)[C@@H](CO)O[C@H]1n1cnc2c(N)ncnc21. The van der Waals surface area contributed by atoms with Gasteiger partial charge in [-0.1, -0.05) is 6.92 Å². The summed E-state index contributed by atoms with van der Waals surface area (Å²) in [4.78, 5) is 24.0. The number of nitrogens with two attached hydrogens (primary N) is 1. The lowest BCUT2D eigenvalue weighted by atomic mass is 10.1. The zero-order valence-electron chi connectivity index (χ0n) is 13.1. The maximum Gasteiger partial charge on any atom is 0.306 e. The van der Waals surface area contributed by atoms with E-state index >= 15 is 0 Å². The fourth-order valence-corrected chi connectivity index (χ4v) is 2.69. The number of hydrogen-bond donors (Lipinski definition) is 3. The molecule has 0 aromatic carbocycles. The highest BCUT2D eigenvalue weighted by atomic mass is 16.6. The minimum Gasteiger partial charge on any atom is -0.455 e. The first kappa shape index (κ1) is 16.6. The summed E-state index contributed by atoms with van der Waals surface area (Å²) >= 11 is 0. The number of rotatable bonds is 5. The van der Waals surface area contributed by atoms with Crippen molar-refractivity contribution in [1.29, 1.82) is 0 Å². The molecule has 1 fully saturated rings. The van der Waals surface area contributed by atoms with Gasteiger partial charge in [-0.3, -0.25) is 9.36 Å². The van der Waals surface area contributed by atoms with E-state index in [-0.39, 0.29) is 12.2 Å². The lowest BCUT2D eigenvalue weighted by molar-refractivity contribution is -0.158. The maximum atomic E-state index is 11.9. The number of imidazole rings is 1. The van der Waals surface area contributed by atoms with Crippen molar-refractivity contribution in [2.45, 2.75) is 44.3 Å². The van der Waals surface area contributed by atoms with E-state index in [1.165, 1.54) is 17.2 Å². The Balaban J connectivity index is 1.96. The van der Waals surface area contributed by atoms with Gasteiger partial charge in [0, 0.05) is 6.42 Å². The molecule has 3 heterocycles. The third-order valence-corrected chi connectivity index (χ3v) is 3.88. The van der Waals surface area contributed by atoms with Crippen LogP contribution in [0.1, 0.15) is 26.0 Å². The van der Waals surface area contributed by atoms with Crippen molar-refractivity contribution < 1.29 is 24.5 Å². The number of nitrogens with zero attached hydrogens (tertiary/aromatic N) is 4. The molecule has 2 aromatic rings. The molecule has 0 aliphatic carbocycles. The number of esters is 1. The van der Waals surface area contributed by atoms with Gasteiger partial charge in [0.15, 0.2) is 23.8 Å². The fraction of sp³-hybridized carbons (Fsp3) is 0.571. The molecule has 0 amide bonds. The first-order chi connectivity index (χ1) is 11.6. The predicted molar refractivity (Wildman–Crippen MR) is 81.5 cm³/mol. The Morgan fingerprint density at radius 1 is 1.46 bits per heavy atom. The Hall–Kier alpha value is -2.30. The standard InChI is InChI=1S/C14H19N5O5/c1-2-3-8(21)24-11-10(22)7(4-20)23-14(11)19-6-18-9-12(15)16-5-17-13(9)19/h5-7,10-11,14,20,22H,2-4H2,1H3,(H2,15,16,17)/t7-,10-,11+,14-/m1/s1. The molecule has 10 nitrogen and oxygen atoms in total. The fourth-order valence-electron chi connectivity index (χ4n) is 2.69. The van der Waals surface area contributed by atoms with Gasteiger partial charge in [-0.2, -0.15) is 0 Å². The van der Waals surface area contributed by atoms with Gasteiger partial charge in [-0.15, -0.1) is 0 Å². The van der Waals surface area contributed by atoms with Gasteiger partial charge >= 0.3 is 5.97 Å². The van der Waals surface area contributed by atoms with Crippen molar-refractivity contribution in [3.63, 3.8) is 0 Å². The molecular formula is C14H19N5O5. The summed E-state index contributed by atoms with van der Waals surface area (Å²) in [5, 5.41) is 19.7. The number of fused-ring (bicyclic) bond motifs is 1. The molecule has 10 heteroatoms. The van der Waals surface area contributed by atoms with Crippen LogP contribution >= 0.6 is 0 Å². The monoisotopic (exact) mass is 337 g/mol. The van der Waals surface area contributed by atoms with Crippen molar-refractivity contribution >= 4 is 23.0 Å². The normalized spacial score (nSPS) is 26.8. The molecule has 0 saturated carbocycles. The van der Waals surface area contributed by atoms with E-state index in [2.05, 4.69) is 15.0 Å². The van der Waals surface area contributed by atoms with E-state index in [1.807, 2.05) is 6.92 Å². The summed E-state index contributed by atoms with van der Waals surface area (Å²) in [7, 11) is 0. The van der Waals surface area contributed by atoms with E-state index in [1.54, 1.807) is 0 Å². The molecule has 1 saturated heterocycles. The highest BCUT2D eigenvalue weighted by Gasteiger charge is 2.47. The summed E-state index contributed by atoms with van der Waals surface area (Å²) in [5.74, 6) is -0.247. The lowest BCUT2D eigenvalue weighted by Crippen LogP contribution is -2.37. The summed E-state index contributed by atoms with van der Waals surface area (Å²) in [6.07, 6.45) is -0.375. The topological polar surface area (TPSA) is 146 Å². The van der Waals surface area contributed by atoms with Crippen molar-refractivity contribution in [2.24, 2.45) is 0 Å². The maximum absolute atomic E-state index is 11.9. The van der Waals surface area contributed by atoms with Crippen LogP contribution in [-0.2, 0) is 14.3 Å². The molecule has 2 aromatic heterocycles. The van der Waals surface area contributed by atoms with Crippen molar-refractivity contribution in [1.82, 2.24) is 19.5 Å². The molecule has 1 aliphatic heterocycles. The second-order valence-corrected chi connectivity index (χ2v) is 5.53. The number of aliphatic hydroxyl groups is 2. The Morgan fingerprint density at radius 3 is 2.96 bits per heavy atom. The lowest BCUT2D eigenvalue weighted by Gasteiger charge is -2.21. The summed E-state index contributed by atoms with van der Waals surface area (Å²) < 4.78 is 12.5. The number of ether oxygens (including phenoxy) is 2. The van der Waals surface area contributed by atoms with E-state index in [9.17, 15) is 15.0 Å². The zero-order valence-corrected chi connectivity index (χ0v) is 13.1. The zero-order chi connectivity index (χ0) is 17.3. The molecule has 4 atom stereocenters. The smallest absolute Gasteiger partial charge is 0.306 e. The van der Waals surface area contributed by atoms with Crippen LogP contribution < -0.4 is 5.73 Å². The molecule has 0 unspecified atom stereocenters. The van der Waals surface area contributed by atoms with Gasteiger partial charge in [0.05, 0.1) is 12.9 Å². The average Bonchev–Trinajstić information content (AvgIpc) is 3.11. The van der Waals surface area contributed by atoms with Gasteiger partial charge in [-0.25, -0.2) is 15.0 Å². The van der Waals surface area contributed by atoms with Crippen LogP contribution in [0.25, 0.3) is 11.2 Å². The first-order valence-corrected chi connectivity index (χ1v) is 7.63. The van der Waals surface area contributed by atoms with E-state index in [0.717, 1.165) is 0 Å². The average molecular weight is 337 g/mol. The number of anilines is 1. The number of aromatic nitrogens is 4. The first-order valence-electron chi connectivity index (χ1n) is 7.63. The number of aliphatic hydroxyl groups excluding tert-OH is 2. The van der Waals surface area contributed by atoms with Gasteiger partial charge in [0.1, 0.15) is 24.1 Å². The highest BCUT2D eigenvalue weighted by Crippen LogP contribution is 2.34. The second-order valence-electron chi connectivity index (χ2n) is 5.53. The van der Waals surface area contributed by atoms with E-state index in [0.29, 0.717) is 17.6 Å². The molecule has 0 spiro atoms. The third-order valence-electron chi connectivity index (χ3n) is 3.88. The Bertz CT molecular complexity index is 735. The van der Waals surface area contributed by atoms with Crippen molar-refractivity contribution in [2.75, 3.05) is 12.3 Å². The van der Waals surface area contributed by atoms with Gasteiger partial charge < -0.3 is 25.4 Å². The highest BCUT2D eigenvalue weighted by molar-refractivity contribution is 5.81. The number of nitrogen functional groups attached to an aromatic ring is 1. The van der Waals surface area contributed by atoms with Gasteiger partial charge in [-0.05, 0) is 6.42 Å². The minimum absolute atomic E-state index is 0.204. The summed E-state index contributed by atoms with van der Waals surface area (Å²) in [5.41, 5.74) is 6.52. The minimum atomic E-state index is -1.17. The molecule has 24 heavy (non-hydrogen) atoms. The Labute approximate surface area is 137 Å². The van der Waals surface area contributed by atoms with Crippen LogP contribution in [0.3, 0.4) is 0 Å². The van der Waals surface area contributed by atoms with Crippen molar-refractivity contribution in [3.05, 3.63) is 12.7 Å². The van der Waals surface area contributed by atoms with Crippen molar-refractivity contribution in [3.8, 4) is 0 Å². The third kappa shape index (κ3) is 2.79. The molecule has 130 valence electrons. The van der Waals surface area contributed by atoms with E-state index < -0.39 is 37.1 Å². The largest absolute Gasteiger partial charge is 0.455 e. The summed E-state index contributed by atoms with van der Waals surface area (Å²) in [6, 6.07) is 0. The van der Waals surface area contributed by atoms with Gasteiger partial charge in [0.25, 0.3) is 0 Å². The Kier molecular flexibility index (Phi) is 4.60. The number of carbonyl (C=O) groups excluding carboxylic acids is 1. The number of hydrogen-bond acceptors (Lipinski definition) is 9. The van der Waals surface area contributed by atoms with E-state index in [4.69, 9.17) is 15.2 Å². The number of carbonyl (C=O) groups is 1. The van der Waals surface area contributed by atoms with Gasteiger partial charge in [0.2, 0.25) is 0 Å². The molecule has 3 rings (SSSR count). The Morgan fingerprint density at radius 2 is 2.25 bits per heavy atom. The molecule has 4 N–H and O–H groups in total. The van der Waals surface area contributed by atoms with Crippen LogP contribution in [0.2, 0.25) is 0 Å². The summed E-state index contributed by atoms with van der Waals surface area (Å²) in [6.45, 7) is 1.43. The molecule has 1 aliphatic rings. The van der Waals surface area contributed by atoms with Crippen LogP contribution in [0, 0.1) is 0 Å². The van der Waals surface area contributed by atoms with Crippen LogP contribution in [-0.4, -0.2) is 60.6 Å². The van der Waals surface area contributed by atoms with Crippen LogP contribution in [0.5, 0.6) is 0 Å².